The van der Waals surface area contributed by atoms with Crippen molar-refractivity contribution in [3.05, 3.63) is 30.9 Å². The van der Waals surface area contributed by atoms with Crippen LogP contribution in [0.5, 0.6) is 0 Å². The summed E-state index contributed by atoms with van der Waals surface area (Å²) < 4.78 is 6.56. The number of carbonyl (C=O) groups is 4. The molecular weight excluding hydrogens is 466 g/mol. The van der Waals surface area contributed by atoms with E-state index in [4.69, 9.17) is 4.74 Å². The van der Waals surface area contributed by atoms with Crippen molar-refractivity contribution in [3.8, 4) is 11.8 Å². The molecule has 0 unspecified atom stereocenters. The van der Waals surface area contributed by atoms with E-state index in [-0.39, 0.29) is 62.1 Å². The van der Waals surface area contributed by atoms with E-state index in [1.807, 2.05) is 0 Å². The minimum Gasteiger partial charge on any atom is -0.464 e. The van der Waals surface area contributed by atoms with E-state index in [1.54, 1.807) is 20.8 Å². The van der Waals surface area contributed by atoms with Crippen LogP contribution in [0.15, 0.2) is 30.9 Å². The number of nitrogens with one attached hydrogen (secondary N) is 3. The highest BCUT2D eigenvalue weighted by atomic mass is 16.5. The summed E-state index contributed by atoms with van der Waals surface area (Å²) >= 11 is 0. The van der Waals surface area contributed by atoms with E-state index >= 15 is 0 Å². The molecule has 190 valence electrons. The van der Waals surface area contributed by atoms with Crippen LogP contribution in [0, 0.1) is 17.8 Å². The molecule has 3 N–H and O–H groups in total. The van der Waals surface area contributed by atoms with Crippen LogP contribution in [0.4, 0.5) is 5.95 Å². The van der Waals surface area contributed by atoms with Gasteiger partial charge in [-0.25, -0.2) is 9.97 Å². The smallest absolute Gasteiger partial charge is 0.306 e. The van der Waals surface area contributed by atoms with E-state index in [0.717, 1.165) is 0 Å². The van der Waals surface area contributed by atoms with Crippen LogP contribution in [0.3, 0.4) is 0 Å². The SMILES string of the molecule is C=C=C[C@H](C#CC)NC(=O)CCC(=O)OCCNC(=O)Cn1cnc2cnc(NC(=O)C(C)C)nc21. The molecule has 2 rings (SSSR count). The first-order valence-electron chi connectivity index (χ1n) is 11.2. The largest absolute Gasteiger partial charge is 0.464 e. The fraction of sp³-hybridized carbons (Fsp3) is 0.417. The van der Waals surface area contributed by atoms with Gasteiger partial charge in [0.2, 0.25) is 23.7 Å². The molecule has 0 bridgehead atoms. The van der Waals surface area contributed by atoms with Crippen molar-refractivity contribution >= 4 is 40.8 Å². The van der Waals surface area contributed by atoms with Crippen LogP contribution in [0.1, 0.15) is 33.6 Å². The van der Waals surface area contributed by atoms with E-state index in [1.165, 1.54) is 23.2 Å². The summed E-state index contributed by atoms with van der Waals surface area (Å²) in [4.78, 5) is 60.4. The maximum atomic E-state index is 12.3. The monoisotopic (exact) mass is 495 g/mol. The first kappa shape index (κ1) is 27.8. The van der Waals surface area contributed by atoms with Crippen LogP contribution < -0.4 is 16.0 Å². The molecule has 1 atom stereocenters. The first-order chi connectivity index (χ1) is 17.2. The molecule has 0 spiro atoms. The van der Waals surface area contributed by atoms with Gasteiger partial charge in [-0.2, -0.15) is 4.98 Å². The lowest BCUT2D eigenvalue weighted by Crippen LogP contribution is -2.33. The zero-order valence-electron chi connectivity index (χ0n) is 20.5. The Bertz CT molecular complexity index is 1220. The Morgan fingerprint density at radius 3 is 2.67 bits per heavy atom. The number of nitrogens with zero attached hydrogens (tertiary/aromatic N) is 4. The molecule has 2 aromatic heterocycles. The van der Waals surface area contributed by atoms with Gasteiger partial charge in [0.05, 0.1) is 25.5 Å². The number of esters is 1. The van der Waals surface area contributed by atoms with Crippen molar-refractivity contribution in [2.24, 2.45) is 5.92 Å². The summed E-state index contributed by atoms with van der Waals surface area (Å²) in [6.07, 6.45) is 4.24. The molecule has 0 aromatic carbocycles. The Kier molecular flexibility index (Phi) is 10.8. The second kappa shape index (κ2) is 14.0. The lowest BCUT2D eigenvalue weighted by Gasteiger charge is -2.09. The standard InChI is InChI=1S/C24H29N7O5/c1-5-7-17(8-6-2)28-19(32)9-10-21(34)36-12-11-25-20(33)14-31-15-27-18-13-26-24(29-22(18)31)30-23(35)16(3)4/h7,13,15-17H,1,9-12,14H2,2-4H3,(H,25,33)(H,28,32)(H,26,29,30,35)/t17-/m1/s1. The summed E-state index contributed by atoms with van der Waals surface area (Å²) in [6.45, 7) is 8.54. The van der Waals surface area contributed by atoms with Crippen molar-refractivity contribution < 1.29 is 23.9 Å². The summed E-state index contributed by atoms with van der Waals surface area (Å²) in [7, 11) is 0. The predicted octanol–water partition coefficient (Wildman–Crippen LogP) is 0.710. The van der Waals surface area contributed by atoms with E-state index < -0.39 is 12.0 Å². The highest BCUT2D eigenvalue weighted by molar-refractivity contribution is 5.91. The Hall–Kier alpha value is -4.49. The summed E-state index contributed by atoms with van der Waals surface area (Å²) in [5.74, 6) is 3.83. The quantitative estimate of drug-likeness (QED) is 0.168. The fourth-order valence-electron chi connectivity index (χ4n) is 2.78. The normalized spacial score (nSPS) is 11.0. The van der Waals surface area contributed by atoms with Gasteiger partial charge in [0.25, 0.3) is 0 Å². The number of anilines is 1. The van der Waals surface area contributed by atoms with Crippen molar-refractivity contribution in [2.75, 3.05) is 18.5 Å². The molecule has 0 fully saturated rings. The molecule has 36 heavy (non-hydrogen) atoms. The topological polar surface area (TPSA) is 157 Å². The molecule has 0 aliphatic rings. The molecule has 0 aliphatic carbocycles. The summed E-state index contributed by atoms with van der Waals surface area (Å²) in [5, 5.41) is 7.87. The van der Waals surface area contributed by atoms with E-state index in [2.05, 4.69) is 55.1 Å². The van der Waals surface area contributed by atoms with Crippen LogP contribution in [-0.2, 0) is 30.5 Å². The van der Waals surface area contributed by atoms with Gasteiger partial charge in [0.1, 0.15) is 24.7 Å². The molecule has 0 radical (unpaired) electrons. The third-order valence-corrected chi connectivity index (χ3v) is 4.58. The first-order valence-corrected chi connectivity index (χ1v) is 11.2. The van der Waals surface area contributed by atoms with Gasteiger partial charge in [0.15, 0.2) is 5.65 Å². The lowest BCUT2D eigenvalue weighted by molar-refractivity contribution is -0.145. The molecule has 0 saturated carbocycles. The van der Waals surface area contributed by atoms with Gasteiger partial charge in [-0.15, -0.1) is 11.7 Å². The number of ether oxygens (including phenoxy) is 1. The molecule has 2 heterocycles. The third-order valence-electron chi connectivity index (χ3n) is 4.58. The second-order valence-corrected chi connectivity index (χ2v) is 7.80. The molecule has 12 heteroatoms. The van der Waals surface area contributed by atoms with Crippen molar-refractivity contribution in [1.29, 1.82) is 0 Å². The Morgan fingerprint density at radius 2 is 1.97 bits per heavy atom. The summed E-state index contributed by atoms with van der Waals surface area (Å²) in [5.41, 5.74) is 3.41. The molecule has 0 saturated heterocycles. The Labute approximate surface area is 208 Å². The average molecular weight is 496 g/mol. The van der Waals surface area contributed by atoms with Crippen LogP contribution >= 0.6 is 0 Å². The number of aromatic nitrogens is 4. The van der Waals surface area contributed by atoms with Crippen LogP contribution in [0.25, 0.3) is 11.2 Å². The van der Waals surface area contributed by atoms with Gasteiger partial charge in [-0.05, 0) is 13.0 Å². The van der Waals surface area contributed by atoms with Gasteiger partial charge < -0.3 is 19.9 Å². The summed E-state index contributed by atoms with van der Waals surface area (Å²) in [6, 6.07) is -0.518. The average Bonchev–Trinajstić information content (AvgIpc) is 3.22. The van der Waals surface area contributed by atoms with E-state index in [9.17, 15) is 19.2 Å². The molecule has 12 nitrogen and oxygen atoms in total. The maximum absolute atomic E-state index is 12.3. The molecule has 3 amide bonds. The Balaban J connectivity index is 1.74. The van der Waals surface area contributed by atoms with Gasteiger partial charge in [-0.1, -0.05) is 26.3 Å². The van der Waals surface area contributed by atoms with Crippen molar-refractivity contribution in [1.82, 2.24) is 30.2 Å². The highest BCUT2D eigenvalue weighted by Crippen LogP contribution is 2.12. The van der Waals surface area contributed by atoms with Gasteiger partial charge in [-0.3, -0.25) is 24.5 Å². The van der Waals surface area contributed by atoms with Crippen molar-refractivity contribution in [2.45, 2.75) is 46.2 Å². The third kappa shape index (κ3) is 9.04. The number of rotatable bonds is 12. The number of hydrogen-bond acceptors (Lipinski definition) is 8. The Morgan fingerprint density at radius 1 is 1.19 bits per heavy atom. The van der Waals surface area contributed by atoms with Gasteiger partial charge in [0, 0.05) is 12.3 Å². The maximum Gasteiger partial charge on any atom is 0.306 e. The predicted molar refractivity (Wildman–Crippen MR) is 131 cm³/mol. The molecule has 0 aliphatic heterocycles. The number of imidazole rings is 1. The van der Waals surface area contributed by atoms with Crippen molar-refractivity contribution in [3.63, 3.8) is 0 Å². The second-order valence-electron chi connectivity index (χ2n) is 7.80. The molecular formula is C24H29N7O5. The van der Waals surface area contributed by atoms with E-state index in [0.29, 0.717) is 11.2 Å². The van der Waals surface area contributed by atoms with Crippen LogP contribution in [0.2, 0.25) is 0 Å². The van der Waals surface area contributed by atoms with Crippen LogP contribution in [-0.4, -0.2) is 62.4 Å². The minimum atomic E-state index is -0.565. The minimum absolute atomic E-state index is 0.0481. The number of hydrogen-bond donors (Lipinski definition) is 3. The fourth-order valence-corrected chi connectivity index (χ4v) is 2.78. The molecule has 2 aromatic rings. The lowest BCUT2D eigenvalue weighted by atomic mass is 10.2. The zero-order valence-corrected chi connectivity index (χ0v) is 20.5. The number of fused-ring (bicyclic) bond motifs is 1. The van der Waals surface area contributed by atoms with Gasteiger partial charge >= 0.3 is 5.97 Å². The number of amides is 3. The highest BCUT2D eigenvalue weighted by Gasteiger charge is 2.14. The zero-order chi connectivity index (χ0) is 26.5. The number of carbonyl (C=O) groups excluding carboxylic acids is 4.